The van der Waals surface area contributed by atoms with Crippen molar-refractivity contribution in [2.45, 2.75) is 135 Å². The zero-order valence-electron chi connectivity index (χ0n) is 21.2. The monoisotopic (exact) mass is 450 g/mol. The van der Waals surface area contributed by atoms with Gasteiger partial charge in [-0.05, 0) is 49.4 Å². The van der Waals surface area contributed by atoms with Crippen molar-refractivity contribution in [3.8, 4) is 0 Å². The van der Waals surface area contributed by atoms with Gasteiger partial charge in [-0.1, -0.05) is 73.6 Å². The molecule has 0 spiro atoms. The van der Waals surface area contributed by atoms with Gasteiger partial charge in [0, 0.05) is 0 Å². The molecule has 2 atom stereocenters. The van der Waals surface area contributed by atoms with Gasteiger partial charge < -0.3 is 20.8 Å². The van der Waals surface area contributed by atoms with E-state index in [1.165, 1.54) is 0 Å². The summed E-state index contributed by atoms with van der Waals surface area (Å²) in [6.45, 7) is 12.4. The van der Waals surface area contributed by atoms with Crippen LogP contribution in [0.25, 0.3) is 0 Å². The molecule has 0 radical (unpaired) electrons. The van der Waals surface area contributed by atoms with Crippen molar-refractivity contribution in [2.24, 2.45) is 22.0 Å². The van der Waals surface area contributed by atoms with Crippen LogP contribution in [0.5, 0.6) is 0 Å². The fourth-order valence-corrected chi connectivity index (χ4v) is 7.21. The van der Waals surface area contributed by atoms with Gasteiger partial charge in [0.05, 0.1) is 23.3 Å². The third-order valence-corrected chi connectivity index (χ3v) is 8.48. The summed E-state index contributed by atoms with van der Waals surface area (Å²) in [6.07, 6.45) is 7.83. The molecule has 0 saturated heterocycles. The van der Waals surface area contributed by atoms with Crippen LogP contribution in [0.3, 0.4) is 0 Å². The highest BCUT2D eigenvalue weighted by atomic mass is 16.3. The molecular weight excluding hydrogens is 404 g/mol. The van der Waals surface area contributed by atoms with E-state index in [1.807, 2.05) is 0 Å². The van der Waals surface area contributed by atoms with Crippen LogP contribution in [0.1, 0.15) is 112 Å². The predicted octanol–water partition coefficient (Wildman–Crippen LogP) is 3.91. The Hall–Kier alpha value is -1.14. The van der Waals surface area contributed by atoms with Crippen molar-refractivity contribution in [1.29, 1.82) is 0 Å². The molecule has 0 unspecified atom stereocenters. The average Bonchev–Trinajstić information content (AvgIpc) is 3.19. The van der Waals surface area contributed by atoms with Crippen LogP contribution in [-0.2, 0) is 9.59 Å². The maximum absolute atomic E-state index is 14.5. The smallest absolute Gasteiger partial charge is 0.238 e. The first kappa shape index (κ1) is 25.5. The lowest BCUT2D eigenvalue weighted by Gasteiger charge is -2.59. The number of hydrogen-bond donors (Lipinski definition) is 3. The number of carbonyl (C=O) groups excluding carboxylic acids is 2. The van der Waals surface area contributed by atoms with E-state index in [2.05, 4.69) is 41.5 Å². The molecule has 32 heavy (non-hydrogen) atoms. The minimum Gasteiger partial charge on any atom is -0.388 e. The molecular formula is C26H46N2O4. The first-order chi connectivity index (χ1) is 14.6. The molecule has 6 heteroatoms. The van der Waals surface area contributed by atoms with Crippen molar-refractivity contribution in [3.63, 3.8) is 0 Å². The van der Waals surface area contributed by atoms with E-state index >= 15 is 0 Å². The minimum atomic E-state index is -1.23. The molecule has 3 saturated carbocycles. The second-order valence-electron chi connectivity index (χ2n) is 13.2. The van der Waals surface area contributed by atoms with Crippen molar-refractivity contribution >= 4 is 11.8 Å². The summed E-state index contributed by atoms with van der Waals surface area (Å²) in [5.41, 5.74) is 1.64. The molecule has 0 bridgehead atoms. The Kier molecular flexibility index (Phi) is 6.58. The summed E-state index contributed by atoms with van der Waals surface area (Å²) >= 11 is 0. The van der Waals surface area contributed by atoms with Gasteiger partial charge in [-0.2, -0.15) is 0 Å². The number of primary amides is 1. The molecule has 0 aromatic rings. The van der Waals surface area contributed by atoms with E-state index in [1.54, 1.807) is 4.90 Å². The summed E-state index contributed by atoms with van der Waals surface area (Å²) in [4.78, 5) is 28.9. The van der Waals surface area contributed by atoms with Crippen molar-refractivity contribution < 1.29 is 19.8 Å². The van der Waals surface area contributed by atoms with E-state index in [0.717, 1.165) is 32.1 Å². The topological polar surface area (TPSA) is 104 Å². The van der Waals surface area contributed by atoms with E-state index in [4.69, 9.17) is 5.73 Å². The van der Waals surface area contributed by atoms with Crippen LogP contribution in [0.2, 0.25) is 0 Å². The Morgan fingerprint density at radius 3 is 1.28 bits per heavy atom. The highest BCUT2D eigenvalue weighted by molar-refractivity contribution is 6.05. The minimum absolute atomic E-state index is 0.281. The Morgan fingerprint density at radius 1 is 0.719 bits per heavy atom. The van der Waals surface area contributed by atoms with E-state index in [0.29, 0.717) is 38.5 Å². The van der Waals surface area contributed by atoms with Crippen molar-refractivity contribution in [1.82, 2.24) is 4.90 Å². The summed E-state index contributed by atoms with van der Waals surface area (Å²) in [5.74, 6) is -0.854. The number of hydrogen-bond acceptors (Lipinski definition) is 4. The zero-order chi connectivity index (χ0) is 24.2. The molecule has 3 fully saturated rings. The molecule has 0 aromatic heterocycles. The maximum atomic E-state index is 14.5. The van der Waals surface area contributed by atoms with Crippen molar-refractivity contribution in [2.75, 3.05) is 0 Å². The molecule has 0 aliphatic heterocycles. The number of rotatable bonds is 6. The first-order valence-electron chi connectivity index (χ1n) is 12.7. The highest BCUT2D eigenvalue weighted by Gasteiger charge is 2.62. The lowest BCUT2D eigenvalue weighted by molar-refractivity contribution is -0.193. The second kappa shape index (κ2) is 8.26. The fraction of sp³-hybridized carbons (Fsp3) is 0.923. The van der Waals surface area contributed by atoms with Gasteiger partial charge in [-0.3, -0.25) is 9.59 Å². The van der Waals surface area contributed by atoms with Crippen LogP contribution in [0, 0.1) is 16.2 Å². The summed E-state index contributed by atoms with van der Waals surface area (Å²) < 4.78 is 0. The Balaban J connectivity index is 2.24. The Bertz CT molecular complexity index is 677. The molecule has 0 aromatic carbocycles. The standard InChI is InChI=1S/C26H46N2O4/c1-22(2,3)18(25(31)14-7-8-15-25)28(21(30)24(20(27)29)12-11-13-24)19(23(4,5)6)26(32)16-9-10-17-26/h18-19,31-32H,7-17H2,1-6H3,(H2,27,29)/t18-,19-/m1/s1. The summed E-state index contributed by atoms with van der Waals surface area (Å²) in [5, 5.41) is 23.9. The normalized spacial score (nSPS) is 26.2. The van der Waals surface area contributed by atoms with Gasteiger partial charge in [0.2, 0.25) is 11.8 Å². The Labute approximate surface area is 194 Å². The number of carbonyl (C=O) groups is 2. The number of aliphatic hydroxyl groups is 2. The fourth-order valence-electron chi connectivity index (χ4n) is 7.21. The second-order valence-corrected chi connectivity index (χ2v) is 13.2. The van der Waals surface area contributed by atoms with E-state index < -0.39 is 45.4 Å². The van der Waals surface area contributed by atoms with Crippen LogP contribution in [0.15, 0.2) is 0 Å². The third kappa shape index (κ3) is 4.22. The number of nitrogens with two attached hydrogens (primary N) is 1. The summed E-state index contributed by atoms with van der Waals surface area (Å²) in [7, 11) is 0. The molecule has 2 amide bonds. The Morgan fingerprint density at radius 2 is 1.06 bits per heavy atom. The van der Waals surface area contributed by atoms with Gasteiger partial charge in [-0.15, -0.1) is 0 Å². The highest BCUT2D eigenvalue weighted by Crippen LogP contribution is 2.52. The van der Waals surface area contributed by atoms with Crippen LogP contribution in [0.4, 0.5) is 0 Å². The quantitative estimate of drug-likeness (QED) is 0.534. The lowest BCUT2D eigenvalue weighted by atomic mass is 9.63. The average molecular weight is 451 g/mol. The van der Waals surface area contributed by atoms with Gasteiger partial charge in [-0.25, -0.2) is 0 Å². The summed E-state index contributed by atoms with van der Waals surface area (Å²) in [6, 6.07) is -1.04. The maximum Gasteiger partial charge on any atom is 0.238 e. The SMILES string of the molecule is CC(C)(C)[C@@H](N(C(=O)C1(C(N)=O)CCC1)[C@H](C(C)(C)C)C1(O)CCCC1)C1(O)CCCC1. The molecule has 184 valence electrons. The predicted molar refractivity (Wildman–Crippen MR) is 126 cm³/mol. The molecule has 4 N–H and O–H groups in total. The van der Waals surface area contributed by atoms with Gasteiger partial charge in [0.25, 0.3) is 0 Å². The molecule has 3 aliphatic carbocycles. The lowest BCUT2D eigenvalue weighted by Crippen LogP contribution is -2.72. The van der Waals surface area contributed by atoms with Crippen LogP contribution < -0.4 is 5.73 Å². The zero-order valence-corrected chi connectivity index (χ0v) is 21.2. The van der Waals surface area contributed by atoms with E-state index in [9.17, 15) is 19.8 Å². The largest absolute Gasteiger partial charge is 0.388 e. The van der Waals surface area contributed by atoms with Gasteiger partial charge in [0.15, 0.2) is 0 Å². The van der Waals surface area contributed by atoms with Crippen molar-refractivity contribution in [3.05, 3.63) is 0 Å². The first-order valence-corrected chi connectivity index (χ1v) is 12.7. The molecule has 3 aliphatic rings. The third-order valence-electron chi connectivity index (χ3n) is 8.48. The molecule has 3 rings (SSSR count). The number of amides is 2. The van der Waals surface area contributed by atoms with E-state index in [-0.39, 0.29) is 5.91 Å². The number of nitrogens with zero attached hydrogens (tertiary/aromatic N) is 1. The van der Waals surface area contributed by atoms with Crippen LogP contribution >= 0.6 is 0 Å². The molecule has 6 nitrogen and oxygen atoms in total. The molecule has 0 heterocycles. The van der Waals surface area contributed by atoms with Gasteiger partial charge >= 0.3 is 0 Å². The van der Waals surface area contributed by atoms with Gasteiger partial charge in [0.1, 0.15) is 5.41 Å². The van der Waals surface area contributed by atoms with Crippen LogP contribution in [-0.4, -0.2) is 50.2 Å².